The van der Waals surface area contributed by atoms with Gasteiger partial charge in [-0.1, -0.05) is 78.0 Å². The average Bonchev–Trinajstić information content (AvgIpc) is 3.55. The minimum absolute atomic E-state index is 0.0254. The lowest BCUT2D eigenvalue weighted by atomic mass is 10.0. The van der Waals surface area contributed by atoms with Gasteiger partial charge in [0, 0.05) is 12.7 Å². The zero-order chi connectivity index (χ0) is 25.6. The molecule has 5 aromatic rings. The number of amides is 1. The first-order valence-corrected chi connectivity index (χ1v) is 11.4. The van der Waals surface area contributed by atoms with Gasteiger partial charge in [0.25, 0.3) is 5.91 Å². The Morgan fingerprint density at radius 2 is 1.68 bits per heavy atom. The van der Waals surface area contributed by atoms with Crippen LogP contribution in [0.2, 0.25) is 0 Å². The number of rotatable bonds is 8. The van der Waals surface area contributed by atoms with Gasteiger partial charge in [0.15, 0.2) is 5.69 Å². The van der Waals surface area contributed by atoms with Gasteiger partial charge in [0.05, 0.1) is 18.5 Å². The van der Waals surface area contributed by atoms with Gasteiger partial charge in [-0.15, -0.1) is 5.10 Å². The Morgan fingerprint density at radius 1 is 1.00 bits per heavy atom. The van der Waals surface area contributed by atoms with E-state index in [1.807, 2.05) is 96.9 Å². The van der Waals surface area contributed by atoms with E-state index in [-0.39, 0.29) is 23.9 Å². The fraction of sp³-hybridized carbons (Fsp3) is 0.0769. The van der Waals surface area contributed by atoms with E-state index in [2.05, 4.69) is 31.2 Å². The van der Waals surface area contributed by atoms with Gasteiger partial charge < -0.3 is 10.6 Å². The van der Waals surface area contributed by atoms with Crippen molar-refractivity contribution in [3.05, 3.63) is 102 Å². The highest BCUT2D eigenvalue weighted by Gasteiger charge is 2.25. The highest BCUT2D eigenvalue weighted by Crippen LogP contribution is 2.21. The van der Waals surface area contributed by atoms with Gasteiger partial charge in [0.1, 0.15) is 0 Å². The van der Waals surface area contributed by atoms with E-state index in [0.717, 1.165) is 22.4 Å². The number of aromatic nitrogens is 5. The van der Waals surface area contributed by atoms with Crippen molar-refractivity contribution < 1.29 is 9.42 Å². The Balaban J connectivity index is 1.35. The summed E-state index contributed by atoms with van der Waals surface area (Å²) in [6, 6.07) is 27.6. The zero-order valence-corrected chi connectivity index (χ0v) is 19.9. The maximum absolute atomic E-state index is 13.0. The lowest BCUT2D eigenvalue weighted by molar-refractivity contribution is 0.0949. The third-order valence-electron chi connectivity index (χ3n) is 5.66. The number of para-hydroxylation sites is 1. The highest BCUT2D eigenvalue weighted by atomic mass is 16.6. The summed E-state index contributed by atoms with van der Waals surface area (Å²) in [4.78, 5) is 15.0. The Kier molecular flexibility index (Phi) is 6.66. The van der Waals surface area contributed by atoms with Crippen LogP contribution in [0.15, 0.2) is 94.7 Å². The molecule has 2 heterocycles. The first-order chi connectivity index (χ1) is 18.1. The van der Waals surface area contributed by atoms with Crippen LogP contribution in [0.5, 0.6) is 0 Å². The quantitative estimate of drug-likeness (QED) is 0.248. The molecule has 0 fully saturated rings. The van der Waals surface area contributed by atoms with Crippen LogP contribution >= 0.6 is 0 Å². The van der Waals surface area contributed by atoms with Gasteiger partial charge in [-0.25, -0.2) is 10.1 Å². The van der Waals surface area contributed by atoms with Crippen LogP contribution in [0.4, 0.5) is 11.5 Å². The summed E-state index contributed by atoms with van der Waals surface area (Å²) in [5.74, 6) is -0.364. The molecule has 11 heteroatoms. The number of carbonyl (C=O) groups excluding carboxylic acids is 1. The molecule has 5 rings (SSSR count). The van der Waals surface area contributed by atoms with Crippen molar-refractivity contribution in [2.75, 3.05) is 17.7 Å². The number of benzene rings is 3. The molecule has 184 valence electrons. The molecule has 0 aliphatic rings. The molecule has 0 aliphatic carbocycles. The molecule has 3 N–H and O–H groups in total. The molecule has 0 atom stereocenters. The van der Waals surface area contributed by atoms with Crippen molar-refractivity contribution in [3.63, 3.8) is 0 Å². The van der Waals surface area contributed by atoms with Gasteiger partial charge >= 0.3 is 0 Å². The molecule has 0 spiro atoms. The number of nitrogen functional groups attached to an aromatic ring is 1. The lowest BCUT2D eigenvalue weighted by Crippen LogP contribution is -2.24. The molecule has 2 aromatic heterocycles. The molecular weight excluding hydrogens is 470 g/mol. The summed E-state index contributed by atoms with van der Waals surface area (Å²) in [7, 11) is 1.88. The van der Waals surface area contributed by atoms with Crippen LogP contribution in [0.1, 0.15) is 21.7 Å². The predicted octanol–water partition coefficient (Wildman–Crippen LogP) is 3.30. The van der Waals surface area contributed by atoms with Crippen LogP contribution in [0.25, 0.3) is 16.9 Å². The van der Waals surface area contributed by atoms with Crippen LogP contribution < -0.4 is 16.1 Å². The van der Waals surface area contributed by atoms with Crippen molar-refractivity contribution >= 4 is 23.6 Å². The third kappa shape index (κ3) is 5.20. The van der Waals surface area contributed by atoms with E-state index in [1.54, 1.807) is 6.21 Å². The number of nitrogens with one attached hydrogen (secondary N) is 1. The Morgan fingerprint density at radius 3 is 2.35 bits per heavy atom. The molecule has 3 aromatic carbocycles. The third-order valence-corrected chi connectivity index (χ3v) is 5.66. The second-order valence-electron chi connectivity index (χ2n) is 8.15. The molecular formula is C26H23N9O2. The van der Waals surface area contributed by atoms with Crippen molar-refractivity contribution in [1.82, 2.24) is 30.7 Å². The van der Waals surface area contributed by atoms with E-state index in [0.29, 0.717) is 5.69 Å². The molecule has 0 bridgehead atoms. The normalized spacial score (nSPS) is 11.1. The van der Waals surface area contributed by atoms with Crippen LogP contribution in [0, 0.1) is 0 Å². The molecule has 37 heavy (non-hydrogen) atoms. The highest BCUT2D eigenvalue weighted by molar-refractivity contribution is 5.94. The Labute approximate surface area is 212 Å². The minimum atomic E-state index is -0.533. The van der Waals surface area contributed by atoms with Crippen LogP contribution in [-0.4, -0.2) is 44.5 Å². The predicted molar refractivity (Wildman–Crippen MR) is 139 cm³/mol. The summed E-state index contributed by atoms with van der Waals surface area (Å²) < 4.78 is 6.05. The topological polar surface area (TPSA) is 140 Å². The molecule has 1 amide bonds. The summed E-state index contributed by atoms with van der Waals surface area (Å²) in [6.07, 6.45) is 1.56. The smallest absolute Gasteiger partial charge is 0.293 e. The average molecular weight is 494 g/mol. The van der Waals surface area contributed by atoms with E-state index < -0.39 is 5.91 Å². The van der Waals surface area contributed by atoms with E-state index in [1.165, 1.54) is 4.68 Å². The monoisotopic (exact) mass is 493 g/mol. The van der Waals surface area contributed by atoms with Gasteiger partial charge in [-0.3, -0.25) is 4.79 Å². The fourth-order valence-electron chi connectivity index (χ4n) is 3.74. The van der Waals surface area contributed by atoms with E-state index in [9.17, 15) is 4.79 Å². The number of nitrogens with zero attached hydrogens (tertiary/aromatic N) is 7. The summed E-state index contributed by atoms with van der Waals surface area (Å²) in [5.41, 5.74) is 12.9. The molecule has 0 aliphatic heterocycles. The first-order valence-electron chi connectivity index (χ1n) is 11.4. The first kappa shape index (κ1) is 23.4. The lowest BCUT2D eigenvalue weighted by Gasteiger charge is -2.19. The molecule has 0 saturated carbocycles. The van der Waals surface area contributed by atoms with E-state index in [4.69, 9.17) is 10.4 Å². The number of nitrogens with two attached hydrogens (primary N) is 1. The van der Waals surface area contributed by atoms with Crippen molar-refractivity contribution in [1.29, 1.82) is 0 Å². The number of anilines is 2. The SMILES string of the molecule is CN(Cc1c(C(=O)N/N=C\c2ccc(-c3ccccc3)cc2)nnn1-c1nonc1N)c1ccccc1. The largest absolute Gasteiger partial charge is 0.378 e. The van der Waals surface area contributed by atoms with Crippen LogP contribution in [-0.2, 0) is 6.54 Å². The van der Waals surface area contributed by atoms with Crippen molar-refractivity contribution in [2.24, 2.45) is 5.10 Å². The molecule has 0 unspecified atom stereocenters. The second kappa shape index (κ2) is 10.5. The van der Waals surface area contributed by atoms with Gasteiger partial charge in [-0.05, 0) is 39.1 Å². The number of hydrogen-bond donors (Lipinski definition) is 2. The minimum Gasteiger partial charge on any atom is -0.378 e. The Bertz CT molecular complexity index is 1510. The standard InChI is InChI=1S/C26H23N9O2/c1-34(21-10-6-3-7-11-21)17-22-23(29-33-35(22)25-24(27)31-37-32-25)26(36)30-28-16-18-12-14-20(15-13-18)19-8-4-2-5-9-19/h2-16H,17H2,1H3,(H2,27,31)(H,30,36)/b28-16-. The Hall–Kier alpha value is -5.32. The van der Waals surface area contributed by atoms with Crippen LogP contribution in [0.3, 0.4) is 0 Å². The van der Waals surface area contributed by atoms with E-state index >= 15 is 0 Å². The van der Waals surface area contributed by atoms with Crippen molar-refractivity contribution in [2.45, 2.75) is 6.54 Å². The number of carbonyl (C=O) groups is 1. The maximum atomic E-state index is 13.0. The number of hydrogen-bond acceptors (Lipinski definition) is 9. The van der Waals surface area contributed by atoms with Gasteiger partial charge in [-0.2, -0.15) is 9.78 Å². The zero-order valence-electron chi connectivity index (χ0n) is 19.9. The maximum Gasteiger partial charge on any atom is 0.293 e. The van der Waals surface area contributed by atoms with Gasteiger partial charge in [0.2, 0.25) is 11.6 Å². The summed E-state index contributed by atoms with van der Waals surface area (Å²) >= 11 is 0. The molecule has 0 saturated heterocycles. The summed E-state index contributed by atoms with van der Waals surface area (Å²) in [5, 5.41) is 19.6. The van der Waals surface area contributed by atoms with Crippen molar-refractivity contribution in [3.8, 4) is 16.9 Å². The number of hydrazone groups is 1. The molecule has 11 nitrogen and oxygen atoms in total. The second-order valence-corrected chi connectivity index (χ2v) is 8.15. The molecule has 0 radical (unpaired) electrons. The summed E-state index contributed by atoms with van der Waals surface area (Å²) in [6.45, 7) is 0.275. The fourth-order valence-corrected chi connectivity index (χ4v) is 3.74.